The Morgan fingerprint density at radius 2 is 1.65 bits per heavy atom. The fourth-order valence-corrected chi connectivity index (χ4v) is 3.55. The lowest BCUT2D eigenvalue weighted by atomic mass is 9.72. The van der Waals surface area contributed by atoms with Gasteiger partial charge in [-0.05, 0) is 59.9 Å². The Hall–Kier alpha value is -1.34. The SMILES string of the molecule is CC(C)C1CCC(O)(c2ccc3ccccc3c2)CC1. The molecule has 0 spiro atoms. The summed E-state index contributed by atoms with van der Waals surface area (Å²) in [6, 6.07) is 14.8. The largest absolute Gasteiger partial charge is 0.385 e. The third kappa shape index (κ3) is 2.47. The van der Waals surface area contributed by atoms with Crippen molar-refractivity contribution in [3.8, 4) is 0 Å². The Kier molecular flexibility index (Phi) is 3.55. The maximum absolute atomic E-state index is 11.0. The van der Waals surface area contributed by atoms with E-state index < -0.39 is 5.60 Å². The molecule has 0 aliphatic heterocycles. The van der Waals surface area contributed by atoms with Crippen LogP contribution in [-0.2, 0) is 5.60 Å². The minimum atomic E-state index is -0.616. The number of fused-ring (bicyclic) bond motifs is 1. The molecule has 0 aromatic heterocycles. The summed E-state index contributed by atoms with van der Waals surface area (Å²) < 4.78 is 0. The average Bonchev–Trinajstić information content (AvgIpc) is 2.47. The lowest BCUT2D eigenvalue weighted by Gasteiger charge is -2.38. The highest BCUT2D eigenvalue weighted by Crippen LogP contribution is 2.42. The Balaban J connectivity index is 1.87. The number of aliphatic hydroxyl groups is 1. The van der Waals surface area contributed by atoms with Gasteiger partial charge in [0.25, 0.3) is 0 Å². The first-order valence-corrected chi connectivity index (χ1v) is 7.80. The summed E-state index contributed by atoms with van der Waals surface area (Å²) in [7, 11) is 0. The van der Waals surface area contributed by atoms with E-state index in [0.29, 0.717) is 0 Å². The zero-order valence-corrected chi connectivity index (χ0v) is 12.5. The van der Waals surface area contributed by atoms with E-state index in [1.165, 1.54) is 10.8 Å². The van der Waals surface area contributed by atoms with Crippen molar-refractivity contribution in [3.05, 3.63) is 48.0 Å². The van der Waals surface area contributed by atoms with E-state index in [-0.39, 0.29) is 0 Å². The van der Waals surface area contributed by atoms with E-state index in [1.807, 2.05) is 0 Å². The Morgan fingerprint density at radius 3 is 2.30 bits per heavy atom. The molecular formula is C19H24O. The molecule has 106 valence electrons. The van der Waals surface area contributed by atoms with Gasteiger partial charge in [-0.2, -0.15) is 0 Å². The molecule has 1 aliphatic rings. The molecule has 1 N–H and O–H groups in total. The summed E-state index contributed by atoms with van der Waals surface area (Å²) in [5.74, 6) is 1.51. The summed E-state index contributed by atoms with van der Waals surface area (Å²) in [6.07, 6.45) is 4.07. The molecular weight excluding hydrogens is 244 g/mol. The molecule has 1 aliphatic carbocycles. The summed E-state index contributed by atoms with van der Waals surface area (Å²) in [5.41, 5.74) is 0.480. The topological polar surface area (TPSA) is 20.2 Å². The molecule has 2 aromatic rings. The fraction of sp³-hybridized carbons (Fsp3) is 0.474. The van der Waals surface area contributed by atoms with Crippen LogP contribution in [0.2, 0.25) is 0 Å². The summed E-state index contributed by atoms with van der Waals surface area (Å²) >= 11 is 0. The van der Waals surface area contributed by atoms with E-state index in [4.69, 9.17) is 0 Å². The zero-order chi connectivity index (χ0) is 14.2. The van der Waals surface area contributed by atoms with Crippen molar-refractivity contribution < 1.29 is 5.11 Å². The Morgan fingerprint density at radius 1 is 1.00 bits per heavy atom. The second kappa shape index (κ2) is 5.21. The monoisotopic (exact) mass is 268 g/mol. The van der Waals surface area contributed by atoms with Gasteiger partial charge in [-0.3, -0.25) is 0 Å². The van der Waals surface area contributed by atoms with Gasteiger partial charge in [0.05, 0.1) is 5.60 Å². The van der Waals surface area contributed by atoms with Crippen LogP contribution in [0.25, 0.3) is 10.8 Å². The van der Waals surface area contributed by atoms with E-state index in [1.54, 1.807) is 0 Å². The molecule has 0 atom stereocenters. The lowest BCUT2D eigenvalue weighted by molar-refractivity contribution is -0.0198. The maximum atomic E-state index is 11.0. The number of hydrogen-bond donors (Lipinski definition) is 1. The molecule has 1 heteroatoms. The van der Waals surface area contributed by atoms with Crippen LogP contribution in [0.3, 0.4) is 0 Å². The Bertz CT molecular complexity index is 591. The van der Waals surface area contributed by atoms with Gasteiger partial charge >= 0.3 is 0 Å². The molecule has 1 fully saturated rings. The van der Waals surface area contributed by atoms with Gasteiger partial charge in [-0.1, -0.05) is 50.2 Å². The summed E-state index contributed by atoms with van der Waals surface area (Å²) in [5, 5.41) is 13.5. The van der Waals surface area contributed by atoms with Crippen LogP contribution in [0, 0.1) is 11.8 Å². The first-order valence-electron chi connectivity index (χ1n) is 7.80. The molecule has 20 heavy (non-hydrogen) atoms. The predicted octanol–water partition coefficient (Wildman–Crippen LogP) is 4.87. The van der Waals surface area contributed by atoms with Crippen LogP contribution < -0.4 is 0 Å². The van der Waals surface area contributed by atoms with E-state index in [0.717, 1.165) is 43.1 Å². The van der Waals surface area contributed by atoms with Crippen molar-refractivity contribution in [3.63, 3.8) is 0 Å². The van der Waals surface area contributed by atoms with Crippen LogP contribution >= 0.6 is 0 Å². The molecule has 3 rings (SSSR count). The standard InChI is InChI=1S/C19H24O/c1-14(2)15-9-11-19(20,12-10-15)18-8-7-16-5-3-4-6-17(16)13-18/h3-8,13-15,20H,9-12H2,1-2H3. The molecule has 0 bridgehead atoms. The van der Waals surface area contributed by atoms with Crippen LogP contribution in [0.4, 0.5) is 0 Å². The van der Waals surface area contributed by atoms with Crippen LogP contribution in [0.5, 0.6) is 0 Å². The normalized spacial score (nSPS) is 27.1. The zero-order valence-electron chi connectivity index (χ0n) is 12.5. The first-order chi connectivity index (χ1) is 9.58. The minimum absolute atomic E-state index is 0.616. The van der Waals surface area contributed by atoms with Gasteiger partial charge in [0, 0.05) is 0 Å². The third-order valence-electron chi connectivity index (χ3n) is 5.09. The van der Waals surface area contributed by atoms with Crippen molar-refractivity contribution in [2.45, 2.75) is 45.1 Å². The van der Waals surface area contributed by atoms with Gasteiger partial charge < -0.3 is 5.11 Å². The maximum Gasteiger partial charge on any atom is 0.0897 e. The smallest absolute Gasteiger partial charge is 0.0897 e. The predicted molar refractivity (Wildman–Crippen MR) is 84.6 cm³/mol. The van der Waals surface area contributed by atoms with Gasteiger partial charge in [-0.25, -0.2) is 0 Å². The Labute approximate surface area is 121 Å². The summed E-state index contributed by atoms with van der Waals surface area (Å²) in [6.45, 7) is 4.59. The molecule has 0 radical (unpaired) electrons. The van der Waals surface area contributed by atoms with Crippen LogP contribution in [0.1, 0.15) is 45.1 Å². The fourth-order valence-electron chi connectivity index (χ4n) is 3.55. The van der Waals surface area contributed by atoms with Gasteiger partial charge in [0.15, 0.2) is 0 Å². The molecule has 1 saturated carbocycles. The second-order valence-electron chi connectivity index (χ2n) is 6.67. The molecule has 0 heterocycles. The number of hydrogen-bond acceptors (Lipinski definition) is 1. The minimum Gasteiger partial charge on any atom is -0.385 e. The molecule has 1 nitrogen and oxygen atoms in total. The van der Waals surface area contributed by atoms with Crippen LogP contribution in [0.15, 0.2) is 42.5 Å². The van der Waals surface area contributed by atoms with Crippen molar-refractivity contribution in [2.75, 3.05) is 0 Å². The van der Waals surface area contributed by atoms with E-state index in [9.17, 15) is 5.11 Å². The highest BCUT2D eigenvalue weighted by molar-refractivity contribution is 5.83. The van der Waals surface area contributed by atoms with Crippen molar-refractivity contribution in [1.82, 2.24) is 0 Å². The van der Waals surface area contributed by atoms with Crippen molar-refractivity contribution in [2.24, 2.45) is 11.8 Å². The lowest BCUT2D eigenvalue weighted by Crippen LogP contribution is -2.32. The van der Waals surface area contributed by atoms with E-state index >= 15 is 0 Å². The second-order valence-corrected chi connectivity index (χ2v) is 6.67. The van der Waals surface area contributed by atoms with E-state index in [2.05, 4.69) is 56.3 Å². The summed E-state index contributed by atoms with van der Waals surface area (Å²) in [4.78, 5) is 0. The quantitative estimate of drug-likeness (QED) is 0.823. The highest BCUT2D eigenvalue weighted by Gasteiger charge is 2.35. The third-order valence-corrected chi connectivity index (χ3v) is 5.09. The molecule has 0 saturated heterocycles. The van der Waals surface area contributed by atoms with Crippen molar-refractivity contribution in [1.29, 1.82) is 0 Å². The first kappa shape index (κ1) is 13.6. The molecule has 2 aromatic carbocycles. The van der Waals surface area contributed by atoms with Gasteiger partial charge in [0.1, 0.15) is 0 Å². The number of benzene rings is 2. The number of rotatable bonds is 2. The van der Waals surface area contributed by atoms with Gasteiger partial charge in [0.2, 0.25) is 0 Å². The van der Waals surface area contributed by atoms with Gasteiger partial charge in [-0.15, -0.1) is 0 Å². The van der Waals surface area contributed by atoms with Crippen molar-refractivity contribution >= 4 is 10.8 Å². The highest BCUT2D eigenvalue weighted by atomic mass is 16.3. The molecule has 0 unspecified atom stereocenters. The molecule has 0 amide bonds. The van der Waals surface area contributed by atoms with Crippen LogP contribution in [-0.4, -0.2) is 5.11 Å². The average molecular weight is 268 g/mol.